The van der Waals surface area contributed by atoms with E-state index in [-0.39, 0.29) is 17.6 Å². The molecule has 1 N–H and O–H groups in total. The smallest absolute Gasteiger partial charge is 0.223 e. The Labute approximate surface area is 115 Å². The first-order valence-corrected chi connectivity index (χ1v) is 6.92. The average Bonchev–Trinajstić information content (AvgIpc) is 2.59. The number of hydrogen-bond donors (Lipinski definition) is 1. The molecular formula is C16H23NO2. The van der Waals surface area contributed by atoms with Crippen LogP contribution in [0.2, 0.25) is 0 Å². The second-order valence-corrected chi connectivity index (χ2v) is 6.16. The molecule has 104 valence electrons. The van der Waals surface area contributed by atoms with Gasteiger partial charge in [-0.1, -0.05) is 29.8 Å². The van der Waals surface area contributed by atoms with Crippen LogP contribution in [-0.2, 0) is 11.2 Å². The van der Waals surface area contributed by atoms with Gasteiger partial charge >= 0.3 is 0 Å². The van der Waals surface area contributed by atoms with Crippen molar-refractivity contribution < 1.29 is 9.90 Å². The fraction of sp³-hybridized carbons (Fsp3) is 0.562. The topological polar surface area (TPSA) is 40.5 Å². The minimum absolute atomic E-state index is 0.142. The number of aryl methyl sites for hydroxylation is 2. The summed E-state index contributed by atoms with van der Waals surface area (Å²) in [4.78, 5) is 14.1. The van der Waals surface area contributed by atoms with E-state index in [0.717, 1.165) is 6.42 Å². The number of carbonyl (C=O) groups excluding carboxylic acids is 1. The molecule has 1 aliphatic rings. The first-order valence-electron chi connectivity index (χ1n) is 6.92. The third kappa shape index (κ3) is 3.35. The molecule has 0 aromatic heterocycles. The van der Waals surface area contributed by atoms with Crippen LogP contribution in [0.4, 0.5) is 0 Å². The molecule has 19 heavy (non-hydrogen) atoms. The zero-order chi connectivity index (χ0) is 14.0. The van der Waals surface area contributed by atoms with E-state index in [4.69, 9.17) is 0 Å². The van der Waals surface area contributed by atoms with Crippen LogP contribution < -0.4 is 0 Å². The molecule has 3 nitrogen and oxygen atoms in total. The van der Waals surface area contributed by atoms with Crippen LogP contribution in [0.3, 0.4) is 0 Å². The standard InChI is InChI=1S/C16H23NO2/c1-12-5-4-6-13(9-12)7-8-15(19)17-11-14(18)10-16(17,2)3/h4-6,9,14,18H,7-8,10-11H2,1-3H3. The van der Waals surface area contributed by atoms with E-state index >= 15 is 0 Å². The van der Waals surface area contributed by atoms with Crippen LogP contribution in [0.25, 0.3) is 0 Å². The van der Waals surface area contributed by atoms with Gasteiger partial charge in [-0.3, -0.25) is 4.79 Å². The maximum absolute atomic E-state index is 12.3. The Morgan fingerprint density at radius 1 is 1.47 bits per heavy atom. The zero-order valence-electron chi connectivity index (χ0n) is 12.0. The van der Waals surface area contributed by atoms with E-state index in [1.807, 2.05) is 24.8 Å². The summed E-state index contributed by atoms with van der Waals surface area (Å²) in [5, 5.41) is 9.71. The molecule has 0 saturated carbocycles. The minimum atomic E-state index is -0.377. The van der Waals surface area contributed by atoms with Gasteiger partial charge in [0.2, 0.25) is 5.91 Å². The van der Waals surface area contributed by atoms with Crippen molar-refractivity contribution in [1.82, 2.24) is 4.90 Å². The molecule has 1 aromatic carbocycles. The van der Waals surface area contributed by atoms with Gasteiger partial charge in [0.1, 0.15) is 0 Å². The Hall–Kier alpha value is -1.35. The third-order valence-corrected chi connectivity index (χ3v) is 3.87. The molecule has 1 heterocycles. The van der Waals surface area contributed by atoms with Gasteiger partial charge in [-0.15, -0.1) is 0 Å². The van der Waals surface area contributed by atoms with Gasteiger partial charge in [-0.2, -0.15) is 0 Å². The Kier molecular flexibility index (Phi) is 3.95. The predicted molar refractivity (Wildman–Crippen MR) is 75.9 cm³/mol. The van der Waals surface area contributed by atoms with Crippen molar-refractivity contribution in [2.24, 2.45) is 0 Å². The molecular weight excluding hydrogens is 238 g/mol. The summed E-state index contributed by atoms with van der Waals surface area (Å²) in [6.45, 7) is 6.58. The normalized spacial score (nSPS) is 21.7. The van der Waals surface area contributed by atoms with E-state index in [1.165, 1.54) is 11.1 Å². The lowest BCUT2D eigenvalue weighted by Crippen LogP contribution is -2.42. The van der Waals surface area contributed by atoms with Crippen molar-refractivity contribution in [3.8, 4) is 0 Å². The second-order valence-electron chi connectivity index (χ2n) is 6.16. The zero-order valence-corrected chi connectivity index (χ0v) is 12.0. The highest BCUT2D eigenvalue weighted by Crippen LogP contribution is 2.29. The van der Waals surface area contributed by atoms with Crippen LogP contribution in [0.5, 0.6) is 0 Å². The molecule has 2 rings (SSSR count). The first-order chi connectivity index (χ1) is 8.88. The van der Waals surface area contributed by atoms with Gasteiger partial charge < -0.3 is 10.0 Å². The second kappa shape index (κ2) is 5.33. The number of β-amino-alcohol motifs (C(OH)–C–C–N with tert-alkyl or cyclic N) is 1. The number of amides is 1. The summed E-state index contributed by atoms with van der Waals surface area (Å²) in [5.74, 6) is 0.142. The summed E-state index contributed by atoms with van der Waals surface area (Å²) in [5.41, 5.74) is 2.20. The summed E-state index contributed by atoms with van der Waals surface area (Å²) < 4.78 is 0. The summed E-state index contributed by atoms with van der Waals surface area (Å²) in [6.07, 6.45) is 1.57. The van der Waals surface area contributed by atoms with Crippen LogP contribution >= 0.6 is 0 Å². The van der Waals surface area contributed by atoms with Crippen molar-refractivity contribution in [1.29, 1.82) is 0 Å². The number of hydrogen-bond acceptors (Lipinski definition) is 2. The fourth-order valence-corrected chi connectivity index (χ4v) is 2.90. The van der Waals surface area contributed by atoms with Crippen LogP contribution in [-0.4, -0.2) is 34.1 Å². The lowest BCUT2D eigenvalue weighted by Gasteiger charge is -2.31. The maximum atomic E-state index is 12.3. The highest BCUT2D eigenvalue weighted by molar-refractivity contribution is 5.77. The van der Waals surface area contributed by atoms with Crippen LogP contribution in [0, 0.1) is 6.92 Å². The number of rotatable bonds is 3. The Morgan fingerprint density at radius 3 is 2.79 bits per heavy atom. The molecule has 0 bridgehead atoms. The molecule has 1 fully saturated rings. The Morgan fingerprint density at radius 2 is 2.21 bits per heavy atom. The van der Waals surface area contributed by atoms with Crippen LogP contribution in [0.1, 0.15) is 37.8 Å². The monoisotopic (exact) mass is 261 g/mol. The summed E-state index contributed by atoms with van der Waals surface area (Å²) >= 11 is 0. The van der Waals surface area contributed by atoms with E-state index in [9.17, 15) is 9.90 Å². The molecule has 1 amide bonds. The number of carbonyl (C=O) groups is 1. The highest BCUT2D eigenvalue weighted by atomic mass is 16.3. The molecule has 1 unspecified atom stereocenters. The lowest BCUT2D eigenvalue weighted by molar-refractivity contribution is -0.134. The molecule has 3 heteroatoms. The van der Waals surface area contributed by atoms with Gasteiger partial charge in [0.25, 0.3) is 0 Å². The molecule has 1 aromatic rings. The Bertz CT molecular complexity index is 468. The Balaban J connectivity index is 1.95. The SMILES string of the molecule is Cc1cccc(CCC(=O)N2CC(O)CC2(C)C)c1. The number of aliphatic hydroxyl groups excluding tert-OH is 1. The molecule has 0 aliphatic carbocycles. The largest absolute Gasteiger partial charge is 0.391 e. The summed E-state index contributed by atoms with van der Waals surface area (Å²) in [7, 11) is 0. The third-order valence-electron chi connectivity index (χ3n) is 3.87. The molecule has 0 spiro atoms. The molecule has 1 saturated heterocycles. The van der Waals surface area contributed by atoms with Crippen molar-refractivity contribution in [3.63, 3.8) is 0 Å². The van der Waals surface area contributed by atoms with Crippen molar-refractivity contribution in [3.05, 3.63) is 35.4 Å². The van der Waals surface area contributed by atoms with E-state index in [1.54, 1.807) is 0 Å². The predicted octanol–water partition coefficient (Wildman–Crippen LogP) is 2.30. The summed E-state index contributed by atoms with van der Waals surface area (Å²) in [6, 6.07) is 8.27. The van der Waals surface area contributed by atoms with Crippen molar-refractivity contribution >= 4 is 5.91 Å². The number of nitrogens with zero attached hydrogens (tertiary/aromatic N) is 1. The van der Waals surface area contributed by atoms with Crippen molar-refractivity contribution in [2.75, 3.05) is 6.54 Å². The minimum Gasteiger partial charge on any atom is -0.391 e. The van der Waals surface area contributed by atoms with Crippen molar-refractivity contribution in [2.45, 2.75) is 51.7 Å². The van der Waals surface area contributed by atoms with Gasteiger partial charge in [0, 0.05) is 18.5 Å². The number of likely N-dealkylation sites (tertiary alicyclic amines) is 1. The average molecular weight is 261 g/mol. The van der Waals surface area contributed by atoms with Gasteiger partial charge in [0.05, 0.1) is 6.10 Å². The van der Waals surface area contributed by atoms with Gasteiger partial charge in [0.15, 0.2) is 0 Å². The van der Waals surface area contributed by atoms with E-state index in [0.29, 0.717) is 19.4 Å². The first kappa shape index (κ1) is 14.1. The quantitative estimate of drug-likeness (QED) is 0.907. The van der Waals surface area contributed by atoms with Gasteiger partial charge in [-0.05, 0) is 39.2 Å². The highest BCUT2D eigenvalue weighted by Gasteiger charge is 2.39. The number of aliphatic hydroxyl groups is 1. The van der Waals surface area contributed by atoms with Gasteiger partial charge in [-0.25, -0.2) is 0 Å². The number of benzene rings is 1. The molecule has 0 radical (unpaired) electrons. The lowest BCUT2D eigenvalue weighted by atomic mass is 10.0. The maximum Gasteiger partial charge on any atom is 0.223 e. The van der Waals surface area contributed by atoms with E-state index < -0.39 is 0 Å². The van der Waals surface area contributed by atoms with Crippen LogP contribution in [0.15, 0.2) is 24.3 Å². The molecule has 1 aliphatic heterocycles. The fourth-order valence-electron chi connectivity index (χ4n) is 2.90. The van der Waals surface area contributed by atoms with E-state index in [2.05, 4.69) is 25.1 Å². The molecule has 1 atom stereocenters.